The first-order valence-corrected chi connectivity index (χ1v) is 9.66. The average molecular weight is 430 g/mol. The highest BCUT2D eigenvalue weighted by Gasteiger charge is 2.19. The van der Waals surface area contributed by atoms with Gasteiger partial charge in [-0.25, -0.2) is 0 Å². The standard InChI is InChI=1S/C20H18N2O7S/c1-25-12-4-11(5-13(6-12)26-2)19(24)21-20-22(9-18(23)27-3)14-7-15-16(29-10-28-15)8-17(14)30-20/h4-8H,9-10H2,1-3H3. The molecule has 0 saturated carbocycles. The Morgan fingerprint density at radius 1 is 1.03 bits per heavy atom. The van der Waals surface area contributed by atoms with E-state index in [2.05, 4.69) is 4.99 Å². The number of aromatic nitrogens is 1. The molecule has 2 heterocycles. The zero-order chi connectivity index (χ0) is 21.3. The fraction of sp³-hybridized carbons (Fsp3) is 0.250. The lowest BCUT2D eigenvalue weighted by atomic mass is 10.2. The lowest BCUT2D eigenvalue weighted by Crippen LogP contribution is -2.22. The second-order valence-electron chi connectivity index (χ2n) is 6.24. The fourth-order valence-electron chi connectivity index (χ4n) is 2.97. The number of methoxy groups -OCH3 is 3. The number of thiazole rings is 1. The number of hydrogen-bond donors (Lipinski definition) is 0. The second kappa shape index (κ2) is 8.07. The molecule has 0 atom stereocenters. The molecule has 0 saturated heterocycles. The largest absolute Gasteiger partial charge is 0.497 e. The van der Waals surface area contributed by atoms with E-state index < -0.39 is 11.9 Å². The van der Waals surface area contributed by atoms with Gasteiger partial charge in [-0.1, -0.05) is 11.3 Å². The molecule has 0 N–H and O–H groups in total. The Kier molecular flexibility index (Phi) is 5.32. The highest BCUT2D eigenvalue weighted by atomic mass is 32.1. The van der Waals surface area contributed by atoms with Gasteiger partial charge in [0.05, 0.1) is 31.5 Å². The van der Waals surface area contributed by atoms with Crippen LogP contribution in [0.15, 0.2) is 35.3 Å². The maximum absolute atomic E-state index is 12.9. The van der Waals surface area contributed by atoms with Crippen LogP contribution in [0, 0.1) is 0 Å². The number of hydrogen-bond acceptors (Lipinski definition) is 8. The third-order valence-electron chi connectivity index (χ3n) is 4.49. The Labute approximate surface area is 175 Å². The molecular weight excluding hydrogens is 412 g/mol. The van der Waals surface area contributed by atoms with E-state index in [4.69, 9.17) is 23.7 Å². The van der Waals surface area contributed by atoms with E-state index in [1.165, 1.54) is 32.7 Å². The Hall–Kier alpha value is -3.53. The molecule has 0 spiro atoms. The van der Waals surface area contributed by atoms with Crippen LogP contribution in [0.25, 0.3) is 10.2 Å². The van der Waals surface area contributed by atoms with E-state index in [0.717, 1.165) is 4.70 Å². The Balaban J connectivity index is 1.84. The fourth-order valence-corrected chi connectivity index (χ4v) is 4.01. The molecule has 156 valence electrons. The Morgan fingerprint density at radius 3 is 2.33 bits per heavy atom. The first-order chi connectivity index (χ1) is 14.5. The van der Waals surface area contributed by atoms with Crippen molar-refractivity contribution in [3.05, 3.63) is 40.7 Å². The van der Waals surface area contributed by atoms with Gasteiger partial charge < -0.3 is 28.3 Å². The number of rotatable bonds is 5. The van der Waals surface area contributed by atoms with Crippen LogP contribution in [0.4, 0.5) is 0 Å². The zero-order valence-corrected chi connectivity index (χ0v) is 17.3. The summed E-state index contributed by atoms with van der Waals surface area (Å²) in [6.45, 7) is 0.0285. The summed E-state index contributed by atoms with van der Waals surface area (Å²) in [7, 11) is 4.30. The maximum atomic E-state index is 12.9. The molecule has 10 heteroatoms. The Bertz CT molecular complexity index is 1190. The quantitative estimate of drug-likeness (QED) is 0.573. The summed E-state index contributed by atoms with van der Waals surface area (Å²) >= 11 is 1.25. The molecule has 3 aromatic rings. The Morgan fingerprint density at radius 2 is 1.70 bits per heavy atom. The first-order valence-electron chi connectivity index (χ1n) is 8.84. The van der Waals surface area contributed by atoms with E-state index in [0.29, 0.717) is 38.9 Å². The van der Waals surface area contributed by atoms with Gasteiger partial charge in [0, 0.05) is 23.8 Å². The minimum absolute atomic E-state index is 0.107. The highest BCUT2D eigenvalue weighted by Crippen LogP contribution is 2.37. The summed E-state index contributed by atoms with van der Waals surface area (Å²) in [5.41, 5.74) is 0.979. The highest BCUT2D eigenvalue weighted by molar-refractivity contribution is 7.16. The molecule has 2 aromatic carbocycles. The van der Waals surface area contributed by atoms with E-state index in [9.17, 15) is 9.59 Å². The van der Waals surface area contributed by atoms with Crippen LogP contribution in [0.1, 0.15) is 10.4 Å². The predicted molar refractivity (Wildman–Crippen MR) is 107 cm³/mol. The third kappa shape index (κ3) is 3.69. The van der Waals surface area contributed by atoms with Crippen LogP contribution >= 0.6 is 11.3 Å². The van der Waals surface area contributed by atoms with Crippen LogP contribution in [0.3, 0.4) is 0 Å². The predicted octanol–water partition coefficient (Wildman–Crippen LogP) is 2.36. The third-order valence-corrected chi connectivity index (χ3v) is 5.53. The van der Waals surface area contributed by atoms with E-state index >= 15 is 0 Å². The number of amides is 1. The topological polar surface area (TPSA) is 97.6 Å². The van der Waals surface area contributed by atoms with Crippen molar-refractivity contribution in [2.75, 3.05) is 28.1 Å². The van der Waals surface area contributed by atoms with Crippen molar-refractivity contribution < 1.29 is 33.3 Å². The summed E-state index contributed by atoms with van der Waals surface area (Å²) in [6, 6.07) is 8.36. The lowest BCUT2D eigenvalue weighted by Gasteiger charge is -2.06. The van der Waals surface area contributed by atoms with Gasteiger partial charge in [-0.15, -0.1) is 0 Å². The van der Waals surface area contributed by atoms with Crippen LogP contribution in [-0.4, -0.2) is 44.6 Å². The molecule has 0 bridgehead atoms. The molecule has 0 unspecified atom stereocenters. The molecule has 1 aromatic heterocycles. The lowest BCUT2D eigenvalue weighted by molar-refractivity contribution is -0.141. The molecule has 1 aliphatic heterocycles. The molecule has 4 rings (SSSR count). The van der Waals surface area contributed by atoms with Gasteiger partial charge >= 0.3 is 5.97 Å². The molecule has 0 radical (unpaired) electrons. The minimum atomic E-state index is -0.502. The van der Waals surface area contributed by atoms with Gasteiger partial charge in [-0.2, -0.15) is 4.99 Å². The number of carbonyl (C=O) groups excluding carboxylic acids is 2. The monoisotopic (exact) mass is 430 g/mol. The summed E-state index contributed by atoms with van der Waals surface area (Å²) in [5, 5.41) is 0. The first kappa shape index (κ1) is 19.8. The number of ether oxygens (including phenoxy) is 5. The summed E-state index contributed by atoms with van der Waals surface area (Å²) in [5.74, 6) is 1.13. The molecule has 30 heavy (non-hydrogen) atoms. The number of benzene rings is 2. The normalized spacial score (nSPS) is 12.8. The summed E-state index contributed by atoms with van der Waals surface area (Å²) < 4.78 is 28.5. The van der Waals surface area contributed by atoms with Crippen molar-refractivity contribution in [3.63, 3.8) is 0 Å². The van der Waals surface area contributed by atoms with Crippen molar-refractivity contribution in [2.24, 2.45) is 4.99 Å². The van der Waals surface area contributed by atoms with Crippen molar-refractivity contribution in [3.8, 4) is 23.0 Å². The SMILES string of the molecule is COC(=O)Cn1c(=NC(=O)c2cc(OC)cc(OC)c2)sc2cc3c(cc21)OCO3. The van der Waals surface area contributed by atoms with Crippen LogP contribution in [0.5, 0.6) is 23.0 Å². The van der Waals surface area contributed by atoms with Gasteiger partial charge in [-0.3, -0.25) is 9.59 Å². The number of carbonyl (C=O) groups is 2. The summed E-state index contributed by atoms with van der Waals surface area (Å²) in [4.78, 5) is 29.5. The molecule has 0 aliphatic carbocycles. The number of esters is 1. The van der Waals surface area contributed by atoms with Crippen LogP contribution in [-0.2, 0) is 16.1 Å². The number of nitrogens with zero attached hydrogens (tertiary/aromatic N) is 2. The van der Waals surface area contributed by atoms with Crippen LogP contribution < -0.4 is 23.7 Å². The van der Waals surface area contributed by atoms with Crippen molar-refractivity contribution in [1.82, 2.24) is 4.57 Å². The van der Waals surface area contributed by atoms with Crippen molar-refractivity contribution in [2.45, 2.75) is 6.54 Å². The molecular formula is C20H18N2O7S. The zero-order valence-electron chi connectivity index (χ0n) is 16.5. The van der Waals surface area contributed by atoms with Gasteiger partial charge in [0.1, 0.15) is 18.0 Å². The smallest absolute Gasteiger partial charge is 0.325 e. The van der Waals surface area contributed by atoms with Crippen molar-refractivity contribution >= 4 is 33.4 Å². The summed E-state index contributed by atoms with van der Waals surface area (Å²) in [6.07, 6.45) is 0. The van der Waals surface area contributed by atoms with E-state index in [1.807, 2.05) is 0 Å². The second-order valence-corrected chi connectivity index (χ2v) is 7.25. The van der Waals surface area contributed by atoms with Gasteiger partial charge in [-0.05, 0) is 12.1 Å². The van der Waals surface area contributed by atoms with Gasteiger partial charge in [0.2, 0.25) is 6.79 Å². The van der Waals surface area contributed by atoms with E-state index in [-0.39, 0.29) is 13.3 Å². The van der Waals surface area contributed by atoms with Crippen molar-refractivity contribution in [1.29, 1.82) is 0 Å². The minimum Gasteiger partial charge on any atom is -0.497 e. The molecule has 1 aliphatic rings. The molecule has 0 fully saturated rings. The van der Waals surface area contributed by atoms with Gasteiger partial charge in [0.25, 0.3) is 5.91 Å². The van der Waals surface area contributed by atoms with Gasteiger partial charge in [0.15, 0.2) is 16.3 Å². The average Bonchev–Trinajstić information content (AvgIpc) is 3.35. The number of fused-ring (bicyclic) bond motifs is 2. The molecule has 9 nitrogen and oxygen atoms in total. The van der Waals surface area contributed by atoms with E-state index in [1.54, 1.807) is 34.9 Å². The van der Waals surface area contributed by atoms with Crippen LogP contribution in [0.2, 0.25) is 0 Å². The maximum Gasteiger partial charge on any atom is 0.325 e. The molecule has 1 amide bonds.